The van der Waals surface area contributed by atoms with Gasteiger partial charge < -0.3 is 10.1 Å². The van der Waals surface area contributed by atoms with E-state index in [-0.39, 0.29) is 0 Å². The smallest absolute Gasteiger partial charge is 0.329 e. The number of nitrogens with one attached hydrogen (secondary N) is 2. The Morgan fingerprint density at radius 1 is 1.64 bits per heavy atom. The van der Waals surface area contributed by atoms with E-state index in [0.29, 0.717) is 12.4 Å². The van der Waals surface area contributed by atoms with Crippen LogP contribution in [0.5, 0.6) is 5.88 Å². The van der Waals surface area contributed by atoms with E-state index in [9.17, 15) is 4.79 Å². The number of aromatic nitrogens is 1. The molecule has 2 amide bonds. The van der Waals surface area contributed by atoms with Gasteiger partial charge in [0, 0.05) is 18.8 Å². The summed E-state index contributed by atoms with van der Waals surface area (Å²) in [6.07, 6.45) is 1.62. The number of carbonyl (C=O) groups is 1. The summed E-state index contributed by atoms with van der Waals surface area (Å²) in [6.45, 7) is 0.375. The van der Waals surface area contributed by atoms with Crippen molar-refractivity contribution in [3.8, 4) is 5.88 Å². The molecule has 1 aromatic heterocycles. The highest BCUT2D eigenvalue weighted by atomic mass is 16.5. The minimum Gasteiger partial charge on any atom is -0.481 e. The zero-order valence-electron chi connectivity index (χ0n) is 7.78. The largest absolute Gasteiger partial charge is 0.481 e. The minimum atomic E-state index is -0.430. The van der Waals surface area contributed by atoms with Crippen molar-refractivity contribution in [3.63, 3.8) is 0 Å². The van der Waals surface area contributed by atoms with Gasteiger partial charge in [-0.1, -0.05) is 6.07 Å². The van der Waals surface area contributed by atoms with Crippen LogP contribution in [0.4, 0.5) is 4.79 Å². The minimum absolute atomic E-state index is 0.375. The van der Waals surface area contributed by atoms with Crippen LogP contribution in [0.2, 0.25) is 0 Å². The molecule has 0 bridgehead atoms. The fourth-order valence-electron chi connectivity index (χ4n) is 0.870. The summed E-state index contributed by atoms with van der Waals surface area (Å²) in [4.78, 5) is 14.7. The highest BCUT2D eigenvalue weighted by Crippen LogP contribution is 2.05. The van der Waals surface area contributed by atoms with Crippen LogP contribution in [0.25, 0.3) is 0 Å². The summed E-state index contributed by atoms with van der Waals surface area (Å²) in [5, 5.41) is 2.53. The average molecular weight is 196 g/mol. The number of nitrogens with zero attached hydrogens (tertiary/aromatic N) is 1. The maximum absolute atomic E-state index is 10.7. The predicted molar refractivity (Wildman–Crippen MR) is 50.3 cm³/mol. The third-order valence-corrected chi connectivity index (χ3v) is 1.59. The molecule has 14 heavy (non-hydrogen) atoms. The fraction of sp³-hybridized carbons (Fsp3) is 0.250. The number of hydrazine groups is 1. The van der Waals surface area contributed by atoms with Crippen molar-refractivity contribution in [1.29, 1.82) is 0 Å². The van der Waals surface area contributed by atoms with Gasteiger partial charge in [0.25, 0.3) is 0 Å². The molecule has 0 aliphatic rings. The number of urea groups is 1. The second-order valence-corrected chi connectivity index (χ2v) is 2.54. The molecule has 4 N–H and O–H groups in total. The quantitative estimate of drug-likeness (QED) is 0.353. The van der Waals surface area contributed by atoms with Gasteiger partial charge in [-0.3, -0.25) is 5.43 Å². The van der Waals surface area contributed by atoms with E-state index in [1.807, 2.05) is 11.5 Å². The SMILES string of the molecule is COc1ccc(CNC(=O)NN)cn1. The van der Waals surface area contributed by atoms with Gasteiger partial charge in [0.2, 0.25) is 5.88 Å². The molecular weight excluding hydrogens is 184 g/mol. The van der Waals surface area contributed by atoms with E-state index in [0.717, 1.165) is 5.56 Å². The van der Waals surface area contributed by atoms with Crippen molar-refractivity contribution in [3.05, 3.63) is 23.9 Å². The van der Waals surface area contributed by atoms with Gasteiger partial charge in [-0.25, -0.2) is 15.6 Å². The van der Waals surface area contributed by atoms with Gasteiger partial charge in [-0.15, -0.1) is 0 Å². The van der Waals surface area contributed by atoms with Gasteiger partial charge in [0.15, 0.2) is 0 Å². The number of pyridine rings is 1. The summed E-state index contributed by atoms with van der Waals surface area (Å²) >= 11 is 0. The number of hydrogen-bond donors (Lipinski definition) is 3. The first-order valence-electron chi connectivity index (χ1n) is 3.99. The fourth-order valence-corrected chi connectivity index (χ4v) is 0.870. The molecule has 76 valence electrons. The Labute approximate surface area is 81.4 Å². The van der Waals surface area contributed by atoms with E-state index < -0.39 is 6.03 Å². The highest BCUT2D eigenvalue weighted by Gasteiger charge is 1.98. The van der Waals surface area contributed by atoms with Crippen LogP contribution in [0.3, 0.4) is 0 Å². The zero-order valence-corrected chi connectivity index (χ0v) is 7.78. The average Bonchev–Trinajstić information content (AvgIpc) is 2.26. The Balaban J connectivity index is 2.47. The Kier molecular flexibility index (Phi) is 3.69. The van der Waals surface area contributed by atoms with E-state index in [1.54, 1.807) is 19.4 Å². The molecule has 0 atom stereocenters. The van der Waals surface area contributed by atoms with Crippen molar-refractivity contribution < 1.29 is 9.53 Å². The van der Waals surface area contributed by atoms with E-state index in [4.69, 9.17) is 10.6 Å². The van der Waals surface area contributed by atoms with Crippen LogP contribution in [0, 0.1) is 0 Å². The molecule has 0 fully saturated rings. The lowest BCUT2D eigenvalue weighted by Crippen LogP contribution is -2.39. The predicted octanol–water partition coefficient (Wildman–Crippen LogP) is -0.237. The highest BCUT2D eigenvalue weighted by molar-refractivity contribution is 5.72. The van der Waals surface area contributed by atoms with Crippen LogP contribution in [-0.4, -0.2) is 18.1 Å². The summed E-state index contributed by atoms with van der Waals surface area (Å²) in [5.41, 5.74) is 2.83. The van der Waals surface area contributed by atoms with E-state index >= 15 is 0 Å². The van der Waals surface area contributed by atoms with E-state index in [2.05, 4.69) is 10.3 Å². The molecule has 0 saturated carbocycles. The molecule has 1 rings (SSSR count). The first-order chi connectivity index (χ1) is 6.76. The van der Waals surface area contributed by atoms with E-state index in [1.165, 1.54) is 0 Å². The van der Waals surface area contributed by atoms with Gasteiger partial charge in [-0.05, 0) is 5.56 Å². The Morgan fingerprint density at radius 2 is 2.43 bits per heavy atom. The van der Waals surface area contributed by atoms with Crippen LogP contribution in [0.15, 0.2) is 18.3 Å². The maximum Gasteiger partial charge on any atom is 0.329 e. The second kappa shape index (κ2) is 5.03. The second-order valence-electron chi connectivity index (χ2n) is 2.54. The lowest BCUT2D eigenvalue weighted by atomic mass is 10.3. The zero-order chi connectivity index (χ0) is 10.4. The first kappa shape index (κ1) is 10.3. The third-order valence-electron chi connectivity index (χ3n) is 1.59. The number of carbonyl (C=O) groups excluding carboxylic acids is 1. The number of amides is 2. The summed E-state index contributed by atoms with van der Waals surface area (Å²) in [6, 6.07) is 3.10. The topological polar surface area (TPSA) is 89.3 Å². The van der Waals surface area contributed by atoms with Crippen molar-refractivity contribution in [2.24, 2.45) is 5.84 Å². The van der Waals surface area contributed by atoms with Crippen molar-refractivity contribution in [2.45, 2.75) is 6.54 Å². The van der Waals surface area contributed by atoms with Crippen molar-refractivity contribution in [1.82, 2.24) is 15.7 Å². The van der Waals surface area contributed by atoms with Crippen LogP contribution in [-0.2, 0) is 6.54 Å². The molecule has 1 heterocycles. The number of hydrogen-bond acceptors (Lipinski definition) is 4. The molecule has 0 spiro atoms. The molecule has 0 aliphatic heterocycles. The van der Waals surface area contributed by atoms with Crippen molar-refractivity contribution in [2.75, 3.05) is 7.11 Å². The standard InChI is InChI=1S/C8H12N4O2/c1-14-7-3-2-6(4-10-7)5-11-8(13)12-9/h2-4H,5,9H2,1H3,(H2,11,12,13). The lowest BCUT2D eigenvalue weighted by molar-refractivity contribution is 0.241. The molecule has 6 nitrogen and oxygen atoms in total. The van der Waals surface area contributed by atoms with Crippen molar-refractivity contribution >= 4 is 6.03 Å². The number of rotatable bonds is 3. The molecule has 6 heteroatoms. The van der Waals surface area contributed by atoms with Crippen LogP contribution < -0.4 is 21.3 Å². The van der Waals surface area contributed by atoms with Gasteiger partial charge in [-0.2, -0.15) is 0 Å². The molecule has 1 aromatic rings. The van der Waals surface area contributed by atoms with Gasteiger partial charge in [0.1, 0.15) is 0 Å². The number of ether oxygens (including phenoxy) is 1. The van der Waals surface area contributed by atoms with Crippen LogP contribution in [0.1, 0.15) is 5.56 Å². The Bertz CT molecular complexity index is 299. The van der Waals surface area contributed by atoms with Crippen LogP contribution >= 0.6 is 0 Å². The number of nitrogens with two attached hydrogens (primary N) is 1. The summed E-state index contributed by atoms with van der Waals surface area (Å²) in [7, 11) is 1.54. The first-order valence-corrected chi connectivity index (χ1v) is 3.99. The lowest BCUT2D eigenvalue weighted by Gasteiger charge is -2.04. The molecule has 0 unspecified atom stereocenters. The Hall–Kier alpha value is -1.82. The molecule has 0 aromatic carbocycles. The molecular formula is C8H12N4O2. The number of methoxy groups -OCH3 is 1. The maximum atomic E-state index is 10.7. The normalized spacial score (nSPS) is 9.29. The summed E-state index contributed by atoms with van der Waals surface area (Å²) in [5.74, 6) is 5.42. The monoisotopic (exact) mass is 196 g/mol. The molecule has 0 aliphatic carbocycles. The molecule has 0 radical (unpaired) electrons. The molecule has 0 saturated heterocycles. The van der Waals surface area contributed by atoms with Gasteiger partial charge >= 0.3 is 6.03 Å². The van der Waals surface area contributed by atoms with Gasteiger partial charge in [0.05, 0.1) is 7.11 Å². The summed E-state index contributed by atoms with van der Waals surface area (Å²) < 4.78 is 4.89. The third kappa shape index (κ3) is 2.91. The Morgan fingerprint density at radius 3 is 2.93 bits per heavy atom.